The van der Waals surface area contributed by atoms with Crippen molar-refractivity contribution in [3.05, 3.63) is 33.9 Å². The van der Waals surface area contributed by atoms with Gasteiger partial charge in [0.1, 0.15) is 0 Å². The Hall–Kier alpha value is -2.11. The summed E-state index contributed by atoms with van der Waals surface area (Å²) in [6, 6.07) is 4.96. The second kappa shape index (κ2) is 7.47. The molecule has 110 valence electrons. The number of nitrogens with one attached hydrogen (secondary N) is 2. The molecule has 1 aromatic carbocycles. The zero-order valence-corrected chi connectivity index (χ0v) is 12.1. The summed E-state index contributed by atoms with van der Waals surface area (Å²) in [6.07, 6.45) is 1.77. The third-order valence-electron chi connectivity index (χ3n) is 3.29. The minimum absolute atomic E-state index is 0.0513. The van der Waals surface area contributed by atoms with E-state index in [2.05, 4.69) is 10.6 Å². The van der Waals surface area contributed by atoms with Crippen molar-refractivity contribution in [3.63, 3.8) is 0 Å². The van der Waals surface area contributed by atoms with Gasteiger partial charge >= 0.3 is 0 Å². The van der Waals surface area contributed by atoms with Crippen LogP contribution >= 0.6 is 0 Å². The molecule has 1 aromatic rings. The minimum atomic E-state index is -0.426. The van der Waals surface area contributed by atoms with Crippen molar-refractivity contribution < 1.29 is 9.72 Å². The largest absolute Gasteiger partial charge is 0.376 e. The first-order valence-electron chi connectivity index (χ1n) is 6.76. The maximum absolute atomic E-state index is 11.8. The van der Waals surface area contributed by atoms with Crippen LogP contribution in [0.4, 0.5) is 11.4 Å². The molecule has 0 unspecified atom stereocenters. The van der Waals surface area contributed by atoms with Crippen molar-refractivity contribution in [2.24, 2.45) is 0 Å². The fourth-order valence-electron chi connectivity index (χ4n) is 1.96. The Morgan fingerprint density at radius 2 is 2.00 bits per heavy atom. The number of hydrogen-bond acceptors (Lipinski definition) is 4. The summed E-state index contributed by atoms with van der Waals surface area (Å²) in [5.74, 6) is -0.107. The Kier molecular flexibility index (Phi) is 5.96. The van der Waals surface area contributed by atoms with Gasteiger partial charge in [-0.05, 0) is 25.8 Å². The molecule has 0 bridgehead atoms. The number of amides is 1. The van der Waals surface area contributed by atoms with Crippen LogP contribution in [0.1, 0.15) is 32.3 Å². The van der Waals surface area contributed by atoms with Gasteiger partial charge in [-0.1, -0.05) is 19.9 Å². The summed E-state index contributed by atoms with van der Waals surface area (Å²) in [4.78, 5) is 22.2. The Bertz CT molecular complexity index is 485. The van der Waals surface area contributed by atoms with Gasteiger partial charge < -0.3 is 10.6 Å². The van der Waals surface area contributed by atoms with Gasteiger partial charge in [-0.2, -0.15) is 0 Å². The highest BCUT2D eigenvalue weighted by atomic mass is 16.6. The maximum atomic E-state index is 11.8. The summed E-state index contributed by atoms with van der Waals surface area (Å²) < 4.78 is 0. The van der Waals surface area contributed by atoms with E-state index >= 15 is 0 Å². The molecule has 0 aliphatic heterocycles. The van der Waals surface area contributed by atoms with Crippen LogP contribution in [0.25, 0.3) is 0 Å². The predicted molar refractivity (Wildman–Crippen MR) is 78.8 cm³/mol. The summed E-state index contributed by atoms with van der Waals surface area (Å²) in [6.45, 7) is 5.82. The summed E-state index contributed by atoms with van der Waals surface area (Å²) in [7, 11) is 0. The van der Waals surface area contributed by atoms with Gasteiger partial charge in [0.15, 0.2) is 0 Å². The highest BCUT2D eigenvalue weighted by molar-refractivity contribution is 5.81. The molecule has 0 heterocycles. The lowest BCUT2D eigenvalue weighted by Gasteiger charge is -2.15. The van der Waals surface area contributed by atoms with E-state index in [1.807, 2.05) is 13.8 Å². The monoisotopic (exact) mass is 279 g/mol. The number of carbonyl (C=O) groups excluding carboxylic acids is 1. The van der Waals surface area contributed by atoms with Gasteiger partial charge in [-0.15, -0.1) is 0 Å². The van der Waals surface area contributed by atoms with Gasteiger partial charge in [0.2, 0.25) is 5.91 Å². The molecule has 0 saturated carbocycles. The van der Waals surface area contributed by atoms with Crippen LogP contribution in [-0.4, -0.2) is 23.4 Å². The molecule has 2 N–H and O–H groups in total. The van der Waals surface area contributed by atoms with Gasteiger partial charge in [0.05, 0.1) is 11.5 Å². The highest BCUT2D eigenvalue weighted by Crippen LogP contribution is 2.24. The first-order valence-corrected chi connectivity index (χ1v) is 6.76. The van der Waals surface area contributed by atoms with E-state index in [1.54, 1.807) is 19.1 Å². The predicted octanol–water partition coefficient (Wildman–Crippen LogP) is 2.62. The average molecular weight is 279 g/mol. The van der Waals surface area contributed by atoms with Crippen LogP contribution in [0.2, 0.25) is 0 Å². The lowest BCUT2D eigenvalue weighted by atomic mass is 10.1. The number of rotatable bonds is 7. The summed E-state index contributed by atoms with van der Waals surface area (Å²) in [5.41, 5.74) is 1.20. The third kappa shape index (κ3) is 4.22. The fourth-order valence-corrected chi connectivity index (χ4v) is 1.96. The Morgan fingerprint density at radius 3 is 2.55 bits per heavy atom. The molecular weight excluding hydrogens is 258 g/mol. The Balaban J connectivity index is 2.64. The van der Waals surface area contributed by atoms with Gasteiger partial charge in [-0.25, -0.2) is 0 Å². The van der Waals surface area contributed by atoms with Crippen molar-refractivity contribution in [2.75, 3.05) is 11.9 Å². The molecule has 0 saturated heterocycles. The van der Waals surface area contributed by atoms with E-state index < -0.39 is 4.92 Å². The lowest BCUT2D eigenvalue weighted by Crippen LogP contribution is -2.37. The molecule has 0 aromatic heterocycles. The number of anilines is 1. The van der Waals surface area contributed by atoms with Crippen molar-refractivity contribution in [1.82, 2.24) is 5.32 Å². The van der Waals surface area contributed by atoms with Crippen molar-refractivity contribution >= 4 is 17.3 Å². The molecule has 0 aliphatic carbocycles. The van der Waals surface area contributed by atoms with Gasteiger partial charge in [0.25, 0.3) is 5.69 Å². The van der Waals surface area contributed by atoms with Crippen LogP contribution in [0.15, 0.2) is 18.2 Å². The Labute approximate surface area is 118 Å². The topological polar surface area (TPSA) is 84.3 Å². The molecule has 0 atom stereocenters. The fraction of sp³-hybridized carbons (Fsp3) is 0.500. The lowest BCUT2D eigenvalue weighted by molar-refractivity contribution is -0.385. The van der Waals surface area contributed by atoms with Crippen molar-refractivity contribution in [1.29, 1.82) is 0 Å². The van der Waals surface area contributed by atoms with Gasteiger partial charge in [0, 0.05) is 23.4 Å². The number of hydrogen-bond donors (Lipinski definition) is 2. The minimum Gasteiger partial charge on any atom is -0.376 e. The second-order valence-corrected chi connectivity index (χ2v) is 4.64. The first-order chi connectivity index (χ1) is 9.49. The van der Waals surface area contributed by atoms with Crippen molar-refractivity contribution in [2.45, 2.75) is 39.7 Å². The van der Waals surface area contributed by atoms with E-state index in [4.69, 9.17) is 0 Å². The maximum Gasteiger partial charge on any atom is 0.274 e. The normalized spacial score (nSPS) is 10.4. The van der Waals surface area contributed by atoms with Crippen LogP contribution in [-0.2, 0) is 4.79 Å². The van der Waals surface area contributed by atoms with E-state index in [-0.39, 0.29) is 24.2 Å². The molecule has 6 heteroatoms. The number of carbonyl (C=O) groups is 1. The third-order valence-corrected chi connectivity index (χ3v) is 3.29. The molecule has 0 radical (unpaired) electrons. The molecule has 20 heavy (non-hydrogen) atoms. The molecule has 6 nitrogen and oxygen atoms in total. The van der Waals surface area contributed by atoms with E-state index in [9.17, 15) is 14.9 Å². The number of nitro benzene ring substituents is 1. The SMILES string of the molecule is CCC(CC)NC(=O)CNc1cccc([N+](=O)[O-])c1C. The molecule has 1 rings (SSSR count). The van der Waals surface area contributed by atoms with E-state index in [0.29, 0.717) is 11.3 Å². The smallest absolute Gasteiger partial charge is 0.274 e. The molecule has 1 amide bonds. The number of benzene rings is 1. The summed E-state index contributed by atoms with van der Waals surface area (Å²) in [5, 5.41) is 16.7. The molecule has 0 fully saturated rings. The molecular formula is C14H21N3O3. The van der Waals surface area contributed by atoms with Crippen LogP contribution < -0.4 is 10.6 Å². The molecule has 0 spiro atoms. The zero-order valence-electron chi connectivity index (χ0n) is 12.1. The van der Waals surface area contributed by atoms with Crippen LogP contribution in [0, 0.1) is 17.0 Å². The van der Waals surface area contributed by atoms with Crippen molar-refractivity contribution in [3.8, 4) is 0 Å². The second-order valence-electron chi connectivity index (χ2n) is 4.64. The number of nitro groups is 1. The standard InChI is InChI=1S/C14H21N3O3/c1-4-11(5-2)16-14(18)9-15-12-7-6-8-13(10(12)3)17(19)20/h6-8,11,15H,4-5,9H2,1-3H3,(H,16,18). The first kappa shape index (κ1) is 15.9. The number of nitrogens with zero attached hydrogens (tertiary/aromatic N) is 1. The van der Waals surface area contributed by atoms with Crippen LogP contribution in [0.3, 0.4) is 0 Å². The van der Waals surface area contributed by atoms with E-state index in [0.717, 1.165) is 12.8 Å². The van der Waals surface area contributed by atoms with Gasteiger partial charge in [-0.3, -0.25) is 14.9 Å². The van der Waals surface area contributed by atoms with E-state index in [1.165, 1.54) is 6.07 Å². The highest BCUT2D eigenvalue weighted by Gasteiger charge is 2.14. The average Bonchev–Trinajstić information content (AvgIpc) is 2.43. The Morgan fingerprint density at radius 1 is 1.35 bits per heavy atom. The molecule has 0 aliphatic rings. The quantitative estimate of drug-likeness (QED) is 0.593. The van der Waals surface area contributed by atoms with Crippen LogP contribution in [0.5, 0.6) is 0 Å². The summed E-state index contributed by atoms with van der Waals surface area (Å²) >= 11 is 0. The zero-order chi connectivity index (χ0) is 15.1.